The molecule has 0 saturated carbocycles. The summed E-state index contributed by atoms with van der Waals surface area (Å²) < 4.78 is 31.4. The van der Waals surface area contributed by atoms with Gasteiger partial charge in [0.05, 0.1) is 12.1 Å². The van der Waals surface area contributed by atoms with Gasteiger partial charge in [-0.2, -0.15) is 5.26 Å². The predicted molar refractivity (Wildman–Crippen MR) is 51.2 cm³/mol. The second kappa shape index (κ2) is 4.02. The first kappa shape index (κ1) is 10.8. The fourth-order valence-electron chi connectivity index (χ4n) is 1.42. The molecule has 84 valence electrons. The number of hydrogen-bond acceptors (Lipinski definition) is 4. The van der Waals surface area contributed by atoms with Gasteiger partial charge in [0.25, 0.3) is 5.92 Å². The van der Waals surface area contributed by atoms with Gasteiger partial charge in [-0.25, -0.2) is 13.8 Å². The fraction of sp³-hybridized carbons (Fsp3) is 0.400. The molecule has 0 aromatic carbocycles. The van der Waals surface area contributed by atoms with Gasteiger partial charge in [-0.15, -0.1) is 0 Å². The molecule has 0 unspecified atom stereocenters. The molecule has 2 heterocycles. The number of nitrogens with one attached hydrogen (secondary N) is 1. The molecule has 0 amide bonds. The molecule has 2 rings (SSSR count). The van der Waals surface area contributed by atoms with Crippen LogP contribution < -0.4 is 10.1 Å². The minimum atomic E-state index is -2.88. The van der Waals surface area contributed by atoms with Crippen molar-refractivity contribution in [1.29, 1.82) is 5.26 Å². The average molecular weight is 225 g/mol. The van der Waals surface area contributed by atoms with Gasteiger partial charge in [0.15, 0.2) is 6.10 Å². The standard InChI is InChI=1S/C10H9F2N3O/c11-10(12)6-14-5-8(10)16-9-2-1-7(3-13)4-15-9/h1-2,4,8,14H,5-6H2/t8-/m1/s1. The zero-order valence-corrected chi connectivity index (χ0v) is 8.28. The normalized spacial score (nSPS) is 22.7. The van der Waals surface area contributed by atoms with E-state index in [1.54, 1.807) is 0 Å². The number of ether oxygens (including phenoxy) is 1. The van der Waals surface area contributed by atoms with Gasteiger partial charge in [-0.3, -0.25) is 0 Å². The number of hydrogen-bond donors (Lipinski definition) is 1. The van der Waals surface area contributed by atoms with E-state index in [2.05, 4.69) is 10.3 Å². The SMILES string of the molecule is N#Cc1ccc(O[C@@H]2CNCC2(F)F)nc1. The van der Waals surface area contributed by atoms with E-state index in [0.717, 1.165) is 0 Å². The molecule has 16 heavy (non-hydrogen) atoms. The smallest absolute Gasteiger partial charge is 0.297 e. The molecule has 6 heteroatoms. The average Bonchev–Trinajstić information content (AvgIpc) is 2.59. The molecule has 0 radical (unpaired) electrons. The highest BCUT2D eigenvalue weighted by Crippen LogP contribution is 2.25. The summed E-state index contributed by atoms with van der Waals surface area (Å²) in [6.07, 6.45) is 0.0866. The van der Waals surface area contributed by atoms with Crippen LogP contribution in [0.5, 0.6) is 5.88 Å². The predicted octanol–water partition coefficient (Wildman–Crippen LogP) is 0.939. The molecule has 0 spiro atoms. The van der Waals surface area contributed by atoms with Gasteiger partial charge in [-0.05, 0) is 6.07 Å². The third kappa shape index (κ3) is 2.09. The van der Waals surface area contributed by atoms with Crippen LogP contribution in [0, 0.1) is 11.3 Å². The van der Waals surface area contributed by atoms with Gasteiger partial charge in [0, 0.05) is 18.8 Å². The van der Waals surface area contributed by atoms with Crippen LogP contribution in [0.4, 0.5) is 8.78 Å². The van der Waals surface area contributed by atoms with Gasteiger partial charge < -0.3 is 10.1 Å². The second-order valence-corrected chi connectivity index (χ2v) is 3.50. The summed E-state index contributed by atoms with van der Waals surface area (Å²) in [6, 6.07) is 4.77. The molecular formula is C10H9F2N3O. The molecule has 4 nitrogen and oxygen atoms in total. The largest absolute Gasteiger partial charge is 0.466 e. The van der Waals surface area contributed by atoms with E-state index in [1.165, 1.54) is 18.3 Å². The molecule has 0 bridgehead atoms. The molecule has 1 N–H and O–H groups in total. The lowest BCUT2D eigenvalue weighted by molar-refractivity contribution is -0.0612. The first-order valence-corrected chi connectivity index (χ1v) is 4.73. The maximum atomic E-state index is 13.2. The third-order valence-corrected chi connectivity index (χ3v) is 2.29. The summed E-state index contributed by atoms with van der Waals surface area (Å²) in [5.41, 5.74) is 0.364. The van der Waals surface area contributed by atoms with E-state index in [4.69, 9.17) is 10.00 Å². The third-order valence-electron chi connectivity index (χ3n) is 2.29. The Balaban J connectivity index is 2.07. The minimum Gasteiger partial charge on any atom is -0.466 e. The van der Waals surface area contributed by atoms with Crippen LogP contribution in [0.3, 0.4) is 0 Å². The summed E-state index contributed by atoms with van der Waals surface area (Å²) >= 11 is 0. The topological polar surface area (TPSA) is 57.9 Å². The van der Waals surface area contributed by atoms with Crippen molar-refractivity contribution in [2.75, 3.05) is 13.1 Å². The van der Waals surface area contributed by atoms with Crippen molar-refractivity contribution in [3.8, 4) is 11.9 Å². The lowest BCUT2D eigenvalue weighted by Gasteiger charge is -2.18. The Kier molecular flexibility index (Phi) is 2.71. The number of halogens is 2. The van der Waals surface area contributed by atoms with E-state index in [9.17, 15) is 8.78 Å². The molecule has 1 aliphatic heterocycles. The number of aromatic nitrogens is 1. The van der Waals surface area contributed by atoms with E-state index in [-0.39, 0.29) is 19.0 Å². The molecule has 1 aromatic rings. The molecule has 1 aliphatic rings. The molecule has 1 aromatic heterocycles. The van der Waals surface area contributed by atoms with Gasteiger partial charge in [0.2, 0.25) is 5.88 Å². The van der Waals surface area contributed by atoms with Crippen LogP contribution >= 0.6 is 0 Å². The Labute approximate surface area is 90.9 Å². The van der Waals surface area contributed by atoms with Gasteiger partial charge in [-0.1, -0.05) is 0 Å². The van der Waals surface area contributed by atoms with Gasteiger partial charge >= 0.3 is 0 Å². The van der Waals surface area contributed by atoms with Crippen molar-refractivity contribution in [3.63, 3.8) is 0 Å². The highest BCUT2D eigenvalue weighted by atomic mass is 19.3. The first-order valence-electron chi connectivity index (χ1n) is 4.73. The van der Waals surface area contributed by atoms with Crippen LogP contribution in [-0.4, -0.2) is 30.1 Å². The lowest BCUT2D eigenvalue weighted by Crippen LogP contribution is -2.36. The minimum absolute atomic E-state index is 0.0919. The van der Waals surface area contributed by atoms with E-state index in [0.29, 0.717) is 5.56 Å². The number of pyridine rings is 1. The molecule has 0 aliphatic carbocycles. The summed E-state index contributed by atoms with van der Waals surface area (Å²) in [7, 11) is 0. The van der Waals surface area contributed by atoms with Crippen molar-refractivity contribution in [1.82, 2.24) is 10.3 Å². The zero-order chi connectivity index (χ0) is 11.6. The zero-order valence-electron chi connectivity index (χ0n) is 8.28. The molecule has 1 atom stereocenters. The summed E-state index contributed by atoms with van der Waals surface area (Å²) in [5.74, 6) is -2.78. The Morgan fingerprint density at radius 2 is 2.38 bits per heavy atom. The number of nitriles is 1. The van der Waals surface area contributed by atoms with E-state index < -0.39 is 12.0 Å². The highest BCUT2D eigenvalue weighted by Gasteiger charge is 2.46. The second-order valence-electron chi connectivity index (χ2n) is 3.50. The van der Waals surface area contributed by atoms with Crippen LogP contribution in [0.25, 0.3) is 0 Å². The fourth-order valence-corrected chi connectivity index (χ4v) is 1.42. The summed E-state index contributed by atoms with van der Waals surface area (Å²) in [5, 5.41) is 11.1. The van der Waals surface area contributed by atoms with Crippen LogP contribution in [0.2, 0.25) is 0 Å². The van der Waals surface area contributed by atoms with Crippen LogP contribution in [0.1, 0.15) is 5.56 Å². The van der Waals surface area contributed by atoms with E-state index in [1.807, 2.05) is 6.07 Å². The molecular weight excluding hydrogens is 216 g/mol. The highest BCUT2D eigenvalue weighted by molar-refractivity contribution is 5.28. The maximum Gasteiger partial charge on any atom is 0.297 e. The Morgan fingerprint density at radius 3 is 2.88 bits per heavy atom. The number of nitrogens with zero attached hydrogens (tertiary/aromatic N) is 2. The maximum absolute atomic E-state index is 13.2. The van der Waals surface area contributed by atoms with E-state index >= 15 is 0 Å². The van der Waals surface area contributed by atoms with Crippen molar-refractivity contribution in [2.24, 2.45) is 0 Å². The van der Waals surface area contributed by atoms with Crippen molar-refractivity contribution < 1.29 is 13.5 Å². The summed E-state index contributed by atoms with van der Waals surface area (Å²) in [4.78, 5) is 3.77. The van der Waals surface area contributed by atoms with Gasteiger partial charge in [0.1, 0.15) is 6.07 Å². The van der Waals surface area contributed by atoms with Crippen molar-refractivity contribution >= 4 is 0 Å². The first-order chi connectivity index (χ1) is 7.62. The van der Waals surface area contributed by atoms with Crippen LogP contribution in [0.15, 0.2) is 18.3 Å². The molecule has 1 saturated heterocycles. The Bertz CT molecular complexity index is 413. The van der Waals surface area contributed by atoms with Crippen molar-refractivity contribution in [3.05, 3.63) is 23.9 Å². The monoisotopic (exact) mass is 225 g/mol. The Morgan fingerprint density at radius 1 is 1.56 bits per heavy atom. The number of rotatable bonds is 2. The molecule has 1 fully saturated rings. The Hall–Kier alpha value is -1.74. The number of alkyl halides is 2. The summed E-state index contributed by atoms with van der Waals surface area (Å²) in [6.45, 7) is -0.289. The van der Waals surface area contributed by atoms with Crippen LogP contribution in [-0.2, 0) is 0 Å². The lowest BCUT2D eigenvalue weighted by atomic mass is 10.2. The quantitative estimate of drug-likeness (QED) is 0.813. The van der Waals surface area contributed by atoms with Crippen molar-refractivity contribution in [2.45, 2.75) is 12.0 Å².